The molecule has 0 amide bonds. The van der Waals surface area contributed by atoms with Crippen molar-refractivity contribution in [3.63, 3.8) is 0 Å². The fourth-order valence-electron chi connectivity index (χ4n) is 0.879. The quantitative estimate of drug-likeness (QED) is 0.710. The molecule has 3 heteroatoms. The predicted molar refractivity (Wildman–Crippen MR) is 49.7 cm³/mol. The monoisotopic (exact) mass is 183 g/mol. The highest BCUT2D eigenvalue weighted by atomic mass is 19.1. The van der Waals surface area contributed by atoms with Crippen molar-refractivity contribution >= 4 is 5.69 Å². The van der Waals surface area contributed by atoms with Gasteiger partial charge in [-0.3, -0.25) is 0 Å². The van der Waals surface area contributed by atoms with Gasteiger partial charge in [0.1, 0.15) is 11.6 Å². The second-order valence-electron chi connectivity index (χ2n) is 2.93. The lowest BCUT2D eigenvalue weighted by molar-refractivity contribution is 0.603. The molecule has 0 unspecified atom stereocenters. The number of benzene rings is 1. The Labute approximate surface area is 76.1 Å². The van der Waals surface area contributed by atoms with Crippen LogP contribution in [0.5, 0.6) is 0 Å². The highest BCUT2D eigenvalue weighted by molar-refractivity contribution is 5.45. The lowest BCUT2D eigenvalue weighted by Gasteiger charge is -2.06. The van der Waals surface area contributed by atoms with Crippen LogP contribution in [0.2, 0.25) is 0 Å². The molecule has 0 saturated heterocycles. The summed E-state index contributed by atoms with van der Waals surface area (Å²) < 4.78 is 25.6. The van der Waals surface area contributed by atoms with E-state index in [1.54, 1.807) is 0 Å². The van der Waals surface area contributed by atoms with Gasteiger partial charge in [0, 0.05) is 6.54 Å². The number of rotatable bonds is 3. The Morgan fingerprint density at radius 3 is 2.77 bits per heavy atom. The molecule has 70 valence electrons. The van der Waals surface area contributed by atoms with Gasteiger partial charge in [-0.05, 0) is 25.1 Å². The number of hydrogen-bond donors (Lipinski definition) is 1. The van der Waals surface area contributed by atoms with Crippen LogP contribution in [0.25, 0.3) is 0 Å². The molecule has 0 aliphatic carbocycles. The van der Waals surface area contributed by atoms with Gasteiger partial charge in [-0.25, -0.2) is 8.78 Å². The molecule has 0 saturated carbocycles. The summed E-state index contributed by atoms with van der Waals surface area (Å²) in [5.74, 6) is -0.909. The first-order chi connectivity index (χ1) is 6.09. The topological polar surface area (TPSA) is 12.0 Å². The summed E-state index contributed by atoms with van der Waals surface area (Å²) in [6.07, 6.45) is 0. The Balaban J connectivity index is 2.75. The second kappa shape index (κ2) is 4.03. The van der Waals surface area contributed by atoms with Crippen molar-refractivity contribution in [1.82, 2.24) is 0 Å². The van der Waals surface area contributed by atoms with Crippen molar-refractivity contribution in [2.75, 3.05) is 11.9 Å². The van der Waals surface area contributed by atoms with E-state index in [4.69, 9.17) is 0 Å². The molecular formula is C10H11F2N. The van der Waals surface area contributed by atoms with Gasteiger partial charge >= 0.3 is 0 Å². The molecule has 0 spiro atoms. The molecule has 1 N–H and O–H groups in total. The van der Waals surface area contributed by atoms with E-state index in [-0.39, 0.29) is 5.69 Å². The van der Waals surface area contributed by atoms with Gasteiger partial charge in [0.05, 0.1) is 5.69 Å². The molecule has 1 nitrogen and oxygen atoms in total. The minimum Gasteiger partial charge on any atom is -0.379 e. The van der Waals surface area contributed by atoms with Crippen LogP contribution in [0.15, 0.2) is 30.4 Å². The standard InChI is InChI=1S/C10H11F2N/c1-7(2)6-13-10-5-8(11)3-4-9(10)12/h3-5,13H,1,6H2,2H3. The number of anilines is 1. The van der Waals surface area contributed by atoms with Crippen LogP contribution >= 0.6 is 0 Å². The lowest BCUT2D eigenvalue weighted by atomic mass is 10.2. The molecule has 0 atom stereocenters. The molecule has 1 aromatic rings. The van der Waals surface area contributed by atoms with Crippen molar-refractivity contribution in [3.8, 4) is 0 Å². The SMILES string of the molecule is C=C(C)CNc1cc(F)ccc1F. The van der Waals surface area contributed by atoms with Crippen LogP contribution in [0, 0.1) is 11.6 Å². The van der Waals surface area contributed by atoms with E-state index in [9.17, 15) is 8.78 Å². The Kier molecular flexibility index (Phi) is 3.01. The molecule has 0 radical (unpaired) electrons. The van der Waals surface area contributed by atoms with Crippen LogP contribution in [-0.4, -0.2) is 6.54 Å². The third-order valence-electron chi connectivity index (χ3n) is 1.51. The predicted octanol–water partition coefficient (Wildman–Crippen LogP) is 2.95. The van der Waals surface area contributed by atoms with Gasteiger partial charge in [-0.1, -0.05) is 12.2 Å². The summed E-state index contributed by atoms with van der Waals surface area (Å²) >= 11 is 0. The molecule has 1 aromatic carbocycles. The molecule has 13 heavy (non-hydrogen) atoms. The van der Waals surface area contributed by atoms with E-state index < -0.39 is 11.6 Å². The van der Waals surface area contributed by atoms with Gasteiger partial charge < -0.3 is 5.32 Å². The zero-order valence-corrected chi connectivity index (χ0v) is 7.40. The largest absolute Gasteiger partial charge is 0.379 e. The zero-order chi connectivity index (χ0) is 9.84. The van der Waals surface area contributed by atoms with Crippen molar-refractivity contribution in [3.05, 3.63) is 42.0 Å². The minimum atomic E-state index is -0.456. The highest BCUT2D eigenvalue weighted by Crippen LogP contribution is 2.15. The van der Waals surface area contributed by atoms with E-state index in [0.717, 1.165) is 23.8 Å². The first kappa shape index (κ1) is 9.71. The van der Waals surface area contributed by atoms with Crippen LogP contribution < -0.4 is 5.32 Å². The van der Waals surface area contributed by atoms with E-state index in [2.05, 4.69) is 11.9 Å². The van der Waals surface area contributed by atoms with Crippen LogP contribution in [0.3, 0.4) is 0 Å². The minimum absolute atomic E-state index is 0.169. The Morgan fingerprint density at radius 2 is 2.15 bits per heavy atom. The molecule has 0 fully saturated rings. The second-order valence-corrected chi connectivity index (χ2v) is 2.93. The van der Waals surface area contributed by atoms with Gasteiger partial charge in [-0.15, -0.1) is 0 Å². The Morgan fingerprint density at radius 1 is 1.46 bits per heavy atom. The van der Waals surface area contributed by atoms with Crippen LogP contribution in [0.1, 0.15) is 6.92 Å². The first-order valence-electron chi connectivity index (χ1n) is 3.93. The van der Waals surface area contributed by atoms with Crippen LogP contribution in [-0.2, 0) is 0 Å². The fourth-order valence-corrected chi connectivity index (χ4v) is 0.879. The smallest absolute Gasteiger partial charge is 0.146 e. The van der Waals surface area contributed by atoms with Crippen molar-refractivity contribution in [2.24, 2.45) is 0 Å². The summed E-state index contributed by atoms with van der Waals surface area (Å²) in [6, 6.07) is 3.30. The van der Waals surface area contributed by atoms with Gasteiger partial charge in [0.15, 0.2) is 0 Å². The lowest BCUT2D eigenvalue weighted by Crippen LogP contribution is -2.03. The maximum absolute atomic E-state index is 13.0. The van der Waals surface area contributed by atoms with E-state index in [0.29, 0.717) is 6.54 Å². The van der Waals surface area contributed by atoms with Gasteiger partial charge in [0.25, 0.3) is 0 Å². The molecule has 0 bridgehead atoms. The Hall–Kier alpha value is -1.38. The van der Waals surface area contributed by atoms with Gasteiger partial charge in [-0.2, -0.15) is 0 Å². The molecular weight excluding hydrogens is 172 g/mol. The average molecular weight is 183 g/mol. The maximum Gasteiger partial charge on any atom is 0.146 e. The molecule has 1 rings (SSSR count). The summed E-state index contributed by atoms with van der Waals surface area (Å²) in [4.78, 5) is 0. The molecule has 0 heterocycles. The van der Waals surface area contributed by atoms with Crippen LogP contribution in [0.4, 0.5) is 14.5 Å². The zero-order valence-electron chi connectivity index (χ0n) is 7.40. The van der Waals surface area contributed by atoms with Crippen molar-refractivity contribution in [1.29, 1.82) is 0 Å². The molecule has 0 aliphatic rings. The fraction of sp³-hybridized carbons (Fsp3) is 0.200. The van der Waals surface area contributed by atoms with Crippen molar-refractivity contribution < 1.29 is 8.78 Å². The van der Waals surface area contributed by atoms with E-state index >= 15 is 0 Å². The average Bonchev–Trinajstić information content (AvgIpc) is 2.06. The number of hydrogen-bond acceptors (Lipinski definition) is 1. The Bertz CT molecular complexity index is 321. The van der Waals surface area contributed by atoms with E-state index in [1.807, 2.05) is 6.92 Å². The molecule has 0 aromatic heterocycles. The van der Waals surface area contributed by atoms with E-state index in [1.165, 1.54) is 0 Å². The maximum atomic E-state index is 13.0. The summed E-state index contributed by atoms with van der Waals surface area (Å²) in [6.45, 7) is 5.90. The normalized spacial score (nSPS) is 9.77. The summed E-state index contributed by atoms with van der Waals surface area (Å²) in [5.41, 5.74) is 1.03. The summed E-state index contributed by atoms with van der Waals surface area (Å²) in [7, 11) is 0. The van der Waals surface area contributed by atoms with Crippen molar-refractivity contribution in [2.45, 2.75) is 6.92 Å². The number of halogens is 2. The molecule has 0 aliphatic heterocycles. The highest BCUT2D eigenvalue weighted by Gasteiger charge is 2.01. The third kappa shape index (κ3) is 2.86. The first-order valence-corrected chi connectivity index (χ1v) is 3.93. The third-order valence-corrected chi connectivity index (χ3v) is 1.51. The number of nitrogens with one attached hydrogen (secondary N) is 1. The summed E-state index contributed by atoms with van der Waals surface area (Å²) in [5, 5.41) is 2.74. The van der Waals surface area contributed by atoms with Gasteiger partial charge in [0.2, 0.25) is 0 Å².